The molecule has 0 saturated heterocycles. The van der Waals surface area contributed by atoms with Gasteiger partial charge in [0, 0.05) is 27.9 Å². The number of Topliss-reactive ketones (excluding diaryl/α,β-unsaturated/α-hetero) is 1. The van der Waals surface area contributed by atoms with Crippen LogP contribution >= 0.6 is 34.8 Å². The average molecular weight is 314 g/mol. The number of carbonyl (C=O) groups is 1. The van der Waals surface area contributed by atoms with Crippen LogP contribution in [0.15, 0.2) is 42.5 Å². The van der Waals surface area contributed by atoms with Gasteiger partial charge < -0.3 is 0 Å². The summed E-state index contributed by atoms with van der Waals surface area (Å²) >= 11 is 17.9. The van der Waals surface area contributed by atoms with E-state index in [1.165, 1.54) is 0 Å². The molecule has 2 rings (SSSR count). The van der Waals surface area contributed by atoms with Crippen LogP contribution in [0.4, 0.5) is 0 Å². The van der Waals surface area contributed by atoms with Gasteiger partial charge in [0.25, 0.3) is 0 Å². The van der Waals surface area contributed by atoms with Crippen molar-refractivity contribution >= 4 is 40.6 Å². The molecule has 0 saturated carbocycles. The third-order valence-corrected chi connectivity index (χ3v) is 3.70. The number of carbonyl (C=O) groups excluding carboxylic acids is 1. The number of rotatable bonds is 4. The Morgan fingerprint density at radius 2 is 1.47 bits per heavy atom. The molecule has 0 unspecified atom stereocenters. The molecule has 1 nitrogen and oxygen atoms in total. The predicted molar refractivity (Wildman–Crippen MR) is 80.3 cm³/mol. The minimum Gasteiger partial charge on any atom is -0.299 e. The van der Waals surface area contributed by atoms with Crippen molar-refractivity contribution < 1.29 is 4.79 Å². The maximum Gasteiger partial charge on any atom is 0.141 e. The maximum atomic E-state index is 12.0. The topological polar surface area (TPSA) is 17.1 Å². The molecule has 0 aliphatic carbocycles. The van der Waals surface area contributed by atoms with Crippen LogP contribution < -0.4 is 0 Å². The molecule has 0 aromatic heterocycles. The Kier molecular flexibility index (Phi) is 4.87. The SMILES string of the molecule is O=C(Cc1ccccc1Cl)Cc1ccc(Cl)cc1Cl. The van der Waals surface area contributed by atoms with Crippen molar-refractivity contribution in [1.82, 2.24) is 0 Å². The second kappa shape index (κ2) is 6.42. The molecular formula is C15H11Cl3O. The fourth-order valence-corrected chi connectivity index (χ4v) is 2.47. The van der Waals surface area contributed by atoms with E-state index in [1.54, 1.807) is 24.3 Å². The van der Waals surface area contributed by atoms with E-state index < -0.39 is 0 Å². The Bertz CT molecular complexity index is 608. The molecule has 0 N–H and O–H groups in total. The van der Waals surface area contributed by atoms with E-state index in [0.717, 1.165) is 11.1 Å². The Balaban J connectivity index is 2.08. The lowest BCUT2D eigenvalue weighted by Crippen LogP contribution is -2.07. The fraction of sp³-hybridized carbons (Fsp3) is 0.133. The molecular weight excluding hydrogens is 303 g/mol. The molecule has 0 fully saturated rings. The van der Waals surface area contributed by atoms with Gasteiger partial charge in [-0.25, -0.2) is 0 Å². The van der Waals surface area contributed by atoms with Crippen LogP contribution in [-0.2, 0) is 17.6 Å². The average Bonchev–Trinajstić information content (AvgIpc) is 2.36. The first kappa shape index (κ1) is 14.4. The van der Waals surface area contributed by atoms with Gasteiger partial charge in [-0.05, 0) is 29.3 Å². The van der Waals surface area contributed by atoms with Gasteiger partial charge in [-0.3, -0.25) is 4.79 Å². The second-order valence-electron chi connectivity index (χ2n) is 4.22. The summed E-state index contributed by atoms with van der Waals surface area (Å²) in [6.45, 7) is 0. The number of benzene rings is 2. The van der Waals surface area contributed by atoms with Gasteiger partial charge >= 0.3 is 0 Å². The first-order valence-electron chi connectivity index (χ1n) is 5.75. The predicted octanol–water partition coefficient (Wildman–Crippen LogP) is 5.00. The minimum atomic E-state index is 0.0670. The molecule has 0 bridgehead atoms. The zero-order valence-corrected chi connectivity index (χ0v) is 12.3. The third-order valence-electron chi connectivity index (χ3n) is 2.75. The van der Waals surface area contributed by atoms with Crippen LogP contribution in [-0.4, -0.2) is 5.78 Å². The number of hydrogen-bond donors (Lipinski definition) is 0. The van der Waals surface area contributed by atoms with Crippen molar-refractivity contribution in [3.8, 4) is 0 Å². The lowest BCUT2D eigenvalue weighted by atomic mass is 10.0. The normalized spacial score (nSPS) is 10.5. The van der Waals surface area contributed by atoms with Gasteiger partial charge in [-0.2, -0.15) is 0 Å². The van der Waals surface area contributed by atoms with E-state index >= 15 is 0 Å². The maximum absolute atomic E-state index is 12.0. The monoisotopic (exact) mass is 312 g/mol. The van der Waals surface area contributed by atoms with Crippen molar-refractivity contribution in [2.75, 3.05) is 0 Å². The molecule has 0 amide bonds. The molecule has 19 heavy (non-hydrogen) atoms. The van der Waals surface area contributed by atoms with E-state index in [4.69, 9.17) is 34.8 Å². The van der Waals surface area contributed by atoms with Crippen LogP contribution in [0.3, 0.4) is 0 Å². The lowest BCUT2D eigenvalue weighted by Gasteiger charge is -2.06. The molecule has 0 radical (unpaired) electrons. The summed E-state index contributed by atoms with van der Waals surface area (Å²) in [7, 11) is 0. The van der Waals surface area contributed by atoms with E-state index in [0.29, 0.717) is 21.5 Å². The Labute approximate surface area is 127 Å². The standard InChI is InChI=1S/C15H11Cl3O/c16-12-6-5-11(15(18)9-12)8-13(19)7-10-3-1-2-4-14(10)17/h1-6,9H,7-8H2. The van der Waals surface area contributed by atoms with Crippen LogP contribution in [0.2, 0.25) is 15.1 Å². The van der Waals surface area contributed by atoms with Gasteiger partial charge in [0.1, 0.15) is 5.78 Å². The number of ketones is 1. The summed E-state index contributed by atoms with van der Waals surface area (Å²) in [5, 5.41) is 1.69. The van der Waals surface area contributed by atoms with Gasteiger partial charge in [-0.1, -0.05) is 59.1 Å². The molecule has 0 atom stereocenters. The highest BCUT2D eigenvalue weighted by atomic mass is 35.5. The van der Waals surface area contributed by atoms with E-state index in [1.807, 2.05) is 18.2 Å². The number of halogens is 3. The van der Waals surface area contributed by atoms with E-state index in [2.05, 4.69) is 0 Å². The molecule has 98 valence electrons. The third kappa shape index (κ3) is 3.97. The summed E-state index contributed by atoms with van der Waals surface area (Å²) in [5.74, 6) is 0.0670. The quantitative estimate of drug-likeness (QED) is 0.776. The molecule has 2 aromatic carbocycles. The van der Waals surface area contributed by atoms with Crippen molar-refractivity contribution in [2.24, 2.45) is 0 Å². The van der Waals surface area contributed by atoms with Crippen LogP contribution in [0, 0.1) is 0 Å². The van der Waals surface area contributed by atoms with Crippen molar-refractivity contribution in [3.63, 3.8) is 0 Å². The molecule has 0 spiro atoms. The molecule has 0 aliphatic heterocycles. The van der Waals surface area contributed by atoms with Gasteiger partial charge in [0.15, 0.2) is 0 Å². The summed E-state index contributed by atoms with van der Waals surface area (Å²) in [5.41, 5.74) is 1.61. The Morgan fingerprint density at radius 3 is 2.11 bits per heavy atom. The summed E-state index contributed by atoms with van der Waals surface area (Å²) in [6, 6.07) is 12.5. The Morgan fingerprint density at radius 1 is 0.842 bits per heavy atom. The lowest BCUT2D eigenvalue weighted by molar-refractivity contribution is -0.117. The highest BCUT2D eigenvalue weighted by molar-refractivity contribution is 6.35. The molecule has 0 aliphatic rings. The summed E-state index contributed by atoms with van der Waals surface area (Å²) in [4.78, 5) is 12.0. The minimum absolute atomic E-state index is 0.0670. The van der Waals surface area contributed by atoms with Crippen LogP contribution in [0.5, 0.6) is 0 Å². The zero-order valence-electron chi connectivity index (χ0n) is 10.00. The number of hydrogen-bond acceptors (Lipinski definition) is 1. The molecule has 2 aromatic rings. The molecule has 4 heteroatoms. The molecule has 0 heterocycles. The van der Waals surface area contributed by atoms with Crippen molar-refractivity contribution in [1.29, 1.82) is 0 Å². The van der Waals surface area contributed by atoms with Crippen LogP contribution in [0.25, 0.3) is 0 Å². The first-order chi connectivity index (χ1) is 9.06. The second-order valence-corrected chi connectivity index (χ2v) is 5.47. The van der Waals surface area contributed by atoms with Gasteiger partial charge in [0.2, 0.25) is 0 Å². The smallest absolute Gasteiger partial charge is 0.141 e. The van der Waals surface area contributed by atoms with E-state index in [-0.39, 0.29) is 12.2 Å². The summed E-state index contributed by atoms with van der Waals surface area (Å²) in [6.07, 6.45) is 0.583. The highest BCUT2D eigenvalue weighted by Crippen LogP contribution is 2.22. The zero-order chi connectivity index (χ0) is 13.8. The Hall–Kier alpha value is -1.02. The fourth-order valence-electron chi connectivity index (χ4n) is 1.79. The van der Waals surface area contributed by atoms with Crippen molar-refractivity contribution in [3.05, 3.63) is 68.7 Å². The highest BCUT2D eigenvalue weighted by Gasteiger charge is 2.10. The summed E-state index contributed by atoms with van der Waals surface area (Å²) < 4.78 is 0. The first-order valence-corrected chi connectivity index (χ1v) is 6.88. The van der Waals surface area contributed by atoms with E-state index in [9.17, 15) is 4.79 Å². The largest absolute Gasteiger partial charge is 0.299 e. The van der Waals surface area contributed by atoms with Crippen LogP contribution in [0.1, 0.15) is 11.1 Å². The van der Waals surface area contributed by atoms with Gasteiger partial charge in [0.05, 0.1) is 0 Å². The van der Waals surface area contributed by atoms with Crippen molar-refractivity contribution in [2.45, 2.75) is 12.8 Å². The van der Waals surface area contributed by atoms with Gasteiger partial charge in [-0.15, -0.1) is 0 Å².